The summed E-state index contributed by atoms with van der Waals surface area (Å²) in [7, 11) is 0. The number of nitrogens with zero attached hydrogens (tertiary/aromatic N) is 1. The molecule has 0 saturated carbocycles. The summed E-state index contributed by atoms with van der Waals surface area (Å²) in [6, 6.07) is 3.58. The van der Waals surface area contributed by atoms with Gasteiger partial charge in [-0.05, 0) is 24.4 Å². The summed E-state index contributed by atoms with van der Waals surface area (Å²) in [5.41, 5.74) is 5.19. The quantitative estimate of drug-likeness (QED) is 0.633. The van der Waals surface area contributed by atoms with Crippen molar-refractivity contribution in [1.29, 1.82) is 0 Å². The first kappa shape index (κ1) is 12.6. The molecule has 0 amide bonds. The van der Waals surface area contributed by atoms with Gasteiger partial charge in [-0.1, -0.05) is 13.8 Å². The maximum Gasteiger partial charge on any atom is 0.269 e. The van der Waals surface area contributed by atoms with Crippen molar-refractivity contribution in [3.8, 4) is 0 Å². The highest BCUT2D eigenvalue weighted by Gasteiger charge is 2.25. The lowest BCUT2D eigenvalue weighted by molar-refractivity contribution is -0.385. The molecule has 1 aromatic rings. The molecule has 0 aliphatic rings. The van der Waals surface area contributed by atoms with Crippen LogP contribution < -0.4 is 5.73 Å². The highest BCUT2D eigenvalue weighted by Crippen LogP contribution is 2.31. The Morgan fingerprint density at radius 1 is 1.50 bits per heavy atom. The summed E-state index contributed by atoms with van der Waals surface area (Å²) in [4.78, 5) is 10.1. The maximum atomic E-state index is 13.6. The molecule has 1 rings (SSSR count). The van der Waals surface area contributed by atoms with Crippen LogP contribution in [-0.4, -0.2) is 11.5 Å². The van der Waals surface area contributed by atoms with Crippen molar-refractivity contribution in [3.63, 3.8) is 0 Å². The van der Waals surface area contributed by atoms with E-state index in [1.165, 1.54) is 6.07 Å². The van der Waals surface area contributed by atoms with Crippen LogP contribution in [0.15, 0.2) is 18.2 Å². The molecule has 0 spiro atoms. The molecule has 0 saturated heterocycles. The van der Waals surface area contributed by atoms with Gasteiger partial charge in [0.05, 0.1) is 4.92 Å². The Morgan fingerprint density at radius 2 is 2.12 bits per heavy atom. The van der Waals surface area contributed by atoms with Crippen LogP contribution in [0.1, 0.15) is 25.8 Å². The van der Waals surface area contributed by atoms with Gasteiger partial charge in [0.25, 0.3) is 5.69 Å². The molecule has 0 fully saturated rings. The van der Waals surface area contributed by atoms with Crippen molar-refractivity contribution in [2.45, 2.75) is 25.7 Å². The summed E-state index contributed by atoms with van der Waals surface area (Å²) >= 11 is 0. The third kappa shape index (κ3) is 2.55. The second-order valence-corrected chi connectivity index (χ2v) is 4.34. The zero-order valence-electron chi connectivity index (χ0n) is 9.37. The van der Waals surface area contributed by atoms with Gasteiger partial charge in [-0.3, -0.25) is 10.1 Å². The van der Waals surface area contributed by atoms with Crippen molar-refractivity contribution in [2.24, 2.45) is 5.73 Å². The van der Waals surface area contributed by atoms with Crippen molar-refractivity contribution < 1.29 is 9.31 Å². The molecule has 0 aliphatic heterocycles. The molecule has 0 aliphatic carbocycles. The number of nitro benzene ring substituents is 1. The molecule has 1 aromatic carbocycles. The molecule has 0 unspecified atom stereocenters. The predicted molar refractivity (Wildman–Crippen MR) is 59.8 cm³/mol. The minimum Gasteiger partial charge on any atom is -0.330 e. The predicted octanol–water partition coefficient (Wildman–Crippen LogP) is 2.36. The Kier molecular flexibility index (Phi) is 3.59. The molecule has 88 valence electrons. The standard InChI is InChI=1S/C11H15FN2O2/c1-11(2,5-6-13)9-7-8(14(15)16)3-4-10(9)12/h3-4,7H,5-6,13H2,1-2H3. The summed E-state index contributed by atoms with van der Waals surface area (Å²) in [5.74, 6) is -0.427. The van der Waals surface area contributed by atoms with Gasteiger partial charge in [0.2, 0.25) is 0 Å². The van der Waals surface area contributed by atoms with Crippen molar-refractivity contribution >= 4 is 5.69 Å². The average Bonchev–Trinajstić information content (AvgIpc) is 2.17. The first-order valence-corrected chi connectivity index (χ1v) is 5.03. The number of halogens is 1. The molecular weight excluding hydrogens is 211 g/mol. The Bertz CT molecular complexity index is 405. The van der Waals surface area contributed by atoms with E-state index in [9.17, 15) is 14.5 Å². The molecule has 0 bridgehead atoms. The monoisotopic (exact) mass is 226 g/mol. The van der Waals surface area contributed by atoms with Gasteiger partial charge in [0.15, 0.2) is 0 Å². The molecular formula is C11H15FN2O2. The molecule has 16 heavy (non-hydrogen) atoms. The SMILES string of the molecule is CC(C)(CCN)c1cc([N+](=O)[O-])ccc1F. The van der Waals surface area contributed by atoms with Crippen LogP contribution in [0.25, 0.3) is 0 Å². The molecule has 0 atom stereocenters. The van der Waals surface area contributed by atoms with E-state index in [4.69, 9.17) is 5.73 Å². The minimum atomic E-state index is -0.526. The van der Waals surface area contributed by atoms with E-state index < -0.39 is 16.2 Å². The largest absolute Gasteiger partial charge is 0.330 e. The molecule has 0 heterocycles. The second-order valence-electron chi connectivity index (χ2n) is 4.34. The number of non-ortho nitro benzene ring substituents is 1. The van der Waals surface area contributed by atoms with E-state index >= 15 is 0 Å². The lowest BCUT2D eigenvalue weighted by Crippen LogP contribution is -2.23. The number of benzene rings is 1. The van der Waals surface area contributed by atoms with Crippen LogP contribution in [0, 0.1) is 15.9 Å². The van der Waals surface area contributed by atoms with Gasteiger partial charge < -0.3 is 5.73 Å². The Labute approximate surface area is 93.4 Å². The molecule has 2 N–H and O–H groups in total. The molecule has 5 heteroatoms. The summed E-state index contributed by atoms with van der Waals surface area (Å²) < 4.78 is 13.6. The number of nitrogens with two attached hydrogens (primary N) is 1. The van der Waals surface area contributed by atoms with Gasteiger partial charge in [0.1, 0.15) is 5.82 Å². The number of hydrogen-bond donors (Lipinski definition) is 1. The Morgan fingerprint density at radius 3 is 2.62 bits per heavy atom. The summed E-state index contributed by atoms with van der Waals surface area (Å²) in [5, 5.41) is 10.6. The van der Waals surface area contributed by atoms with Crippen LogP contribution in [0.3, 0.4) is 0 Å². The van der Waals surface area contributed by atoms with Crippen molar-refractivity contribution in [1.82, 2.24) is 0 Å². The zero-order valence-corrected chi connectivity index (χ0v) is 9.37. The first-order chi connectivity index (χ1) is 7.38. The van der Waals surface area contributed by atoms with E-state index in [1.807, 2.05) is 13.8 Å². The third-order valence-corrected chi connectivity index (χ3v) is 2.66. The lowest BCUT2D eigenvalue weighted by Gasteiger charge is -2.24. The van der Waals surface area contributed by atoms with Gasteiger partial charge in [-0.15, -0.1) is 0 Å². The van der Waals surface area contributed by atoms with Gasteiger partial charge >= 0.3 is 0 Å². The Balaban J connectivity index is 3.21. The topological polar surface area (TPSA) is 69.2 Å². The molecule has 0 aromatic heterocycles. The molecule has 4 nitrogen and oxygen atoms in total. The van der Waals surface area contributed by atoms with E-state index in [0.717, 1.165) is 12.1 Å². The summed E-state index contributed by atoms with van der Waals surface area (Å²) in [6.45, 7) is 4.05. The van der Waals surface area contributed by atoms with E-state index in [1.54, 1.807) is 0 Å². The maximum absolute atomic E-state index is 13.6. The number of rotatable bonds is 4. The fourth-order valence-corrected chi connectivity index (χ4v) is 1.64. The number of hydrogen-bond acceptors (Lipinski definition) is 3. The van der Waals surface area contributed by atoms with Crippen LogP contribution in [-0.2, 0) is 5.41 Å². The fourth-order valence-electron chi connectivity index (χ4n) is 1.64. The lowest BCUT2D eigenvalue weighted by atomic mass is 9.81. The van der Waals surface area contributed by atoms with Crippen molar-refractivity contribution in [2.75, 3.05) is 6.54 Å². The number of nitro groups is 1. The first-order valence-electron chi connectivity index (χ1n) is 5.03. The zero-order chi connectivity index (χ0) is 12.3. The van der Waals surface area contributed by atoms with Gasteiger partial charge in [-0.25, -0.2) is 4.39 Å². The van der Waals surface area contributed by atoms with Gasteiger partial charge in [0, 0.05) is 17.7 Å². The summed E-state index contributed by atoms with van der Waals surface area (Å²) in [6.07, 6.45) is 0.574. The van der Waals surface area contributed by atoms with Crippen LogP contribution in [0.4, 0.5) is 10.1 Å². The highest BCUT2D eigenvalue weighted by atomic mass is 19.1. The fraction of sp³-hybridized carbons (Fsp3) is 0.455. The minimum absolute atomic E-state index is 0.0958. The normalized spacial score (nSPS) is 11.5. The van der Waals surface area contributed by atoms with E-state index in [0.29, 0.717) is 18.5 Å². The third-order valence-electron chi connectivity index (χ3n) is 2.66. The Hall–Kier alpha value is -1.49. The second kappa shape index (κ2) is 4.57. The van der Waals surface area contributed by atoms with Crippen LogP contribution >= 0.6 is 0 Å². The van der Waals surface area contributed by atoms with E-state index in [2.05, 4.69) is 0 Å². The van der Waals surface area contributed by atoms with E-state index in [-0.39, 0.29) is 5.69 Å². The molecule has 0 radical (unpaired) electrons. The van der Waals surface area contributed by atoms with Crippen molar-refractivity contribution in [3.05, 3.63) is 39.7 Å². The van der Waals surface area contributed by atoms with Gasteiger partial charge in [-0.2, -0.15) is 0 Å². The van der Waals surface area contributed by atoms with Crippen LogP contribution in [0.5, 0.6) is 0 Å². The van der Waals surface area contributed by atoms with Crippen LogP contribution in [0.2, 0.25) is 0 Å². The highest BCUT2D eigenvalue weighted by molar-refractivity contribution is 5.38. The smallest absolute Gasteiger partial charge is 0.269 e. The average molecular weight is 226 g/mol.